The molecule has 0 aromatic heterocycles. The smallest absolute Gasteiger partial charge is 0.416 e. The number of anilines is 2. The minimum absolute atomic E-state index is 0.0329. The summed E-state index contributed by atoms with van der Waals surface area (Å²) in [5.74, 6) is -0.334. The van der Waals surface area contributed by atoms with Gasteiger partial charge in [-0.1, -0.05) is 12.1 Å². The van der Waals surface area contributed by atoms with Crippen molar-refractivity contribution >= 4 is 28.9 Å². The van der Waals surface area contributed by atoms with E-state index in [1.165, 1.54) is 12.1 Å². The summed E-state index contributed by atoms with van der Waals surface area (Å²) in [6.07, 6.45) is -0.947. The Hall–Kier alpha value is -3.53. The van der Waals surface area contributed by atoms with Gasteiger partial charge in [0.1, 0.15) is 11.4 Å². The average Bonchev–Trinajstić information content (AvgIpc) is 3.32. The second kappa shape index (κ2) is 9.41. The molecule has 7 nitrogen and oxygen atoms in total. The molecule has 0 bridgehead atoms. The van der Waals surface area contributed by atoms with E-state index < -0.39 is 23.2 Å². The Labute approximate surface area is 212 Å². The number of alkyl halides is 3. The summed E-state index contributed by atoms with van der Waals surface area (Å²) in [6, 6.07) is 8.46. The monoisotopic (exact) mass is 515 g/mol. The zero-order chi connectivity index (χ0) is 26.4. The minimum Gasteiger partial charge on any atom is -0.487 e. The first-order valence-corrected chi connectivity index (χ1v) is 12.2. The Morgan fingerprint density at radius 3 is 2.78 bits per heavy atom. The van der Waals surface area contributed by atoms with Gasteiger partial charge in [0.25, 0.3) is 0 Å². The number of hydrogen-bond acceptors (Lipinski definition) is 4. The van der Waals surface area contributed by atoms with E-state index in [4.69, 9.17) is 9.47 Å². The molecule has 10 heteroatoms. The van der Waals surface area contributed by atoms with Gasteiger partial charge in [-0.2, -0.15) is 13.2 Å². The normalized spacial score (nSPS) is 21.6. The Bertz CT molecular complexity index is 1270. The van der Waals surface area contributed by atoms with E-state index in [1.54, 1.807) is 30.9 Å². The van der Waals surface area contributed by atoms with E-state index in [2.05, 4.69) is 10.6 Å². The summed E-state index contributed by atoms with van der Waals surface area (Å²) in [7, 11) is 0. The van der Waals surface area contributed by atoms with E-state index in [1.807, 2.05) is 6.07 Å². The van der Waals surface area contributed by atoms with Gasteiger partial charge in [-0.05, 0) is 62.1 Å². The Morgan fingerprint density at radius 1 is 1.24 bits per heavy atom. The fourth-order valence-electron chi connectivity index (χ4n) is 4.99. The lowest BCUT2D eigenvalue weighted by atomic mass is 9.88. The third-order valence-corrected chi connectivity index (χ3v) is 6.69. The summed E-state index contributed by atoms with van der Waals surface area (Å²) < 4.78 is 51.1. The van der Waals surface area contributed by atoms with Gasteiger partial charge < -0.3 is 20.1 Å². The summed E-state index contributed by atoms with van der Waals surface area (Å²) in [5.41, 5.74) is 1.58. The summed E-state index contributed by atoms with van der Waals surface area (Å²) >= 11 is 0. The van der Waals surface area contributed by atoms with Gasteiger partial charge in [0, 0.05) is 36.9 Å². The van der Waals surface area contributed by atoms with Gasteiger partial charge in [-0.15, -0.1) is 0 Å². The van der Waals surface area contributed by atoms with Crippen molar-refractivity contribution in [3.05, 3.63) is 59.2 Å². The first-order chi connectivity index (χ1) is 17.5. The largest absolute Gasteiger partial charge is 0.487 e. The SMILES string of the molecule is CC1(C)C/C(=C\C(=O)Nc2ccc3c(c2)N(CC2CCCO2)C(=O)NC3)c2ccc(C(F)(F)F)cc2O1. The van der Waals surface area contributed by atoms with Crippen molar-refractivity contribution in [2.24, 2.45) is 0 Å². The maximum atomic E-state index is 13.2. The lowest BCUT2D eigenvalue weighted by Gasteiger charge is -2.34. The number of hydrogen-bond donors (Lipinski definition) is 2. The van der Waals surface area contributed by atoms with Gasteiger partial charge in [-0.3, -0.25) is 9.69 Å². The highest BCUT2D eigenvalue weighted by atomic mass is 19.4. The molecule has 0 radical (unpaired) electrons. The van der Waals surface area contributed by atoms with Crippen molar-refractivity contribution in [3.8, 4) is 5.75 Å². The Kier molecular flexibility index (Phi) is 6.39. The topological polar surface area (TPSA) is 79.9 Å². The van der Waals surface area contributed by atoms with E-state index >= 15 is 0 Å². The molecule has 3 amide bonds. The quantitative estimate of drug-likeness (QED) is 0.528. The molecule has 5 rings (SSSR count). The average molecular weight is 516 g/mol. The van der Waals surface area contributed by atoms with Crippen LogP contribution in [0.15, 0.2) is 42.5 Å². The molecule has 37 heavy (non-hydrogen) atoms. The fraction of sp³-hybridized carbons (Fsp3) is 0.407. The fourth-order valence-corrected chi connectivity index (χ4v) is 4.99. The summed E-state index contributed by atoms with van der Waals surface area (Å²) in [4.78, 5) is 27.2. The highest BCUT2D eigenvalue weighted by molar-refractivity contribution is 6.05. The van der Waals surface area contributed by atoms with Crippen molar-refractivity contribution < 1.29 is 32.2 Å². The zero-order valence-corrected chi connectivity index (χ0v) is 20.6. The van der Waals surface area contributed by atoms with E-state index in [0.29, 0.717) is 48.6 Å². The molecule has 0 aliphatic carbocycles. The first kappa shape index (κ1) is 25.1. The first-order valence-electron chi connectivity index (χ1n) is 12.2. The van der Waals surface area contributed by atoms with Gasteiger partial charge in [0.2, 0.25) is 5.91 Å². The molecule has 3 aliphatic heterocycles. The van der Waals surface area contributed by atoms with E-state index in [0.717, 1.165) is 30.5 Å². The molecule has 1 unspecified atom stereocenters. The van der Waals surface area contributed by atoms with Crippen LogP contribution in [0.1, 0.15) is 49.8 Å². The number of urea groups is 1. The number of nitrogens with zero attached hydrogens (tertiary/aromatic N) is 1. The molecular formula is C27H28F3N3O4. The number of nitrogens with one attached hydrogen (secondary N) is 2. The van der Waals surface area contributed by atoms with Crippen molar-refractivity contribution in [3.63, 3.8) is 0 Å². The highest BCUT2D eigenvalue weighted by Crippen LogP contribution is 2.43. The molecule has 1 saturated heterocycles. The van der Waals surface area contributed by atoms with Crippen LogP contribution in [-0.4, -0.2) is 36.8 Å². The zero-order valence-electron chi connectivity index (χ0n) is 20.6. The number of rotatable bonds is 4. The number of benzene rings is 2. The molecular weight excluding hydrogens is 487 g/mol. The number of amides is 3. The van der Waals surface area contributed by atoms with Crippen LogP contribution in [0.25, 0.3) is 5.57 Å². The highest BCUT2D eigenvalue weighted by Gasteiger charge is 2.35. The van der Waals surface area contributed by atoms with E-state index in [9.17, 15) is 22.8 Å². The summed E-state index contributed by atoms with van der Waals surface area (Å²) in [6.45, 7) is 5.02. The van der Waals surface area contributed by atoms with Crippen LogP contribution >= 0.6 is 0 Å². The maximum absolute atomic E-state index is 13.2. The predicted molar refractivity (Wildman–Crippen MR) is 132 cm³/mol. The van der Waals surface area contributed by atoms with Crippen molar-refractivity contribution in [2.75, 3.05) is 23.4 Å². The minimum atomic E-state index is -4.50. The van der Waals surface area contributed by atoms with Crippen LogP contribution in [0.4, 0.5) is 29.3 Å². The number of ether oxygens (including phenoxy) is 2. The second-order valence-electron chi connectivity index (χ2n) is 10.2. The molecule has 1 atom stereocenters. The third kappa shape index (κ3) is 5.44. The number of carbonyl (C=O) groups is 2. The molecule has 2 aromatic carbocycles. The number of halogens is 3. The molecule has 0 spiro atoms. The van der Waals surface area contributed by atoms with Crippen LogP contribution in [0.5, 0.6) is 5.75 Å². The second-order valence-corrected chi connectivity index (χ2v) is 10.2. The van der Waals surface area contributed by atoms with Crippen LogP contribution in [0.3, 0.4) is 0 Å². The lowest BCUT2D eigenvalue weighted by Crippen LogP contribution is -2.47. The molecule has 196 valence electrons. The van der Waals surface area contributed by atoms with Gasteiger partial charge in [0.05, 0.1) is 23.9 Å². The van der Waals surface area contributed by atoms with Crippen molar-refractivity contribution in [2.45, 2.75) is 57.5 Å². The Balaban J connectivity index is 1.39. The molecule has 2 N–H and O–H groups in total. The van der Waals surface area contributed by atoms with Crippen LogP contribution < -0.4 is 20.3 Å². The Morgan fingerprint density at radius 2 is 2.05 bits per heavy atom. The molecule has 1 fully saturated rings. The lowest BCUT2D eigenvalue weighted by molar-refractivity contribution is -0.137. The van der Waals surface area contributed by atoms with Crippen LogP contribution in [0.2, 0.25) is 0 Å². The predicted octanol–water partition coefficient (Wildman–Crippen LogP) is 5.50. The standard InChI is InChI=1S/C27H28F3N3O4/c1-26(2)13-17(21-8-6-18(27(28,29)30)11-23(21)37-26)10-24(34)32-19-7-5-16-14-31-25(35)33(22(16)12-19)15-20-4-3-9-36-20/h5-8,10-12,20H,3-4,9,13-15H2,1-2H3,(H,31,35)(H,32,34)/b17-10+. The molecule has 0 saturated carbocycles. The third-order valence-electron chi connectivity index (χ3n) is 6.69. The molecule has 3 heterocycles. The summed E-state index contributed by atoms with van der Waals surface area (Å²) in [5, 5.41) is 5.70. The molecule has 3 aliphatic rings. The number of carbonyl (C=O) groups excluding carboxylic acids is 2. The van der Waals surface area contributed by atoms with Crippen molar-refractivity contribution in [1.29, 1.82) is 0 Å². The van der Waals surface area contributed by atoms with Crippen LogP contribution in [0, 0.1) is 0 Å². The van der Waals surface area contributed by atoms with Crippen molar-refractivity contribution in [1.82, 2.24) is 5.32 Å². The van der Waals surface area contributed by atoms with Crippen LogP contribution in [-0.2, 0) is 22.3 Å². The number of fused-ring (bicyclic) bond motifs is 2. The maximum Gasteiger partial charge on any atom is 0.416 e. The van der Waals surface area contributed by atoms with E-state index in [-0.39, 0.29) is 17.9 Å². The van der Waals surface area contributed by atoms with Gasteiger partial charge in [0.15, 0.2) is 0 Å². The van der Waals surface area contributed by atoms with Gasteiger partial charge in [-0.25, -0.2) is 4.79 Å². The molecule has 2 aromatic rings. The van der Waals surface area contributed by atoms with Gasteiger partial charge >= 0.3 is 12.2 Å².